The van der Waals surface area contributed by atoms with Crippen molar-refractivity contribution in [1.82, 2.24) is 5.01 Å². The molecule has 0 saturated heterocycles. The summed E-state index contributed by atoms with van der Waals surface area (Å²) in [5.41, 5.74) is 0. The molecule has 0 heterocycles. The summed E-state index contributed by atoms with van der Waals surface area (Å²) in [5, 5.41) is 5.40. The molecule has 0 N–H and O–H groups in total. The Morgan fingerprint density at radius 3 is 2.64 bits per heavy atom. The van der Waals surface area contributed by atoms with Gasteiger partial charge in [0.25, 0.3) is 0 Å². The second-order valence-electron chi connectivity index (χ2n) is 2.05. The van der Waals surface area contributed by atoms with Gasteiger partial charge in [0.05, 0.1) is 0 Å². The molecule has 0 amide bonds. The Hall–Kier alpha value is -1.12. The van der Waals surface area contributed by atoms with Gasteiger partial charge in [-0.2, -0.15) is 5.10 Å². The maximum absolute atomic E-state index is 4.16. The van der Waals surface area contributed by atoms with Gasteiger partial charge in [0.15, 0.2) is 0 Å². The van der Waals surface area contributed by atoms with Crippen molar-refractivity contribution in [3.63, 3.8) is 0 Å². The highest BCUT2D eigenvalue weighted by atomic mass is 15.4. The number of rotatable bonds is 3. The molecule has 11 heavy (non-hydrogen) atoms. The minimum atomic E-state index is 0.861. The summed E-state index contributed by atoms with van der Waals surface area (Å²) < 4.78 is 0. The van der Waals surface area contributed by atoms with Gasteiger partial charge in [-0.1, -0.05) is 13.0 Å². The van der Waals surface area contributed by atoms with Gasteiger partial charge < -0.3 is 0 Å². The zero-order chi connectivity index (χ0) is 8.69. The molecular weight excluding hydrogens is 138 g/mol. The van der Waals surface area contributed by atoms with Crippen LogP contribution < -0.4 is 0 Å². The van der Waals surface area contributed by atoms with E-state index in [0.717, 1.165) is 12.3 Å². The fourth-order valence-corrected chi connectivity index (χ4v) is 0.646. The van der Waals surface area contributed by atoms with E-state index in [0.29, 0.717) is 0 Å². The first-order valence-corrected chi connectivity index (χ1v) is 3.64. The summed E-state index contributed by atoms with van der Waals surface area (Å²) in [6, 6.07) is 0. The van der Waals surface area contributed by atoms with Crippen LogP contribution in [0.25, 0.3) is 0 Å². The van der Waals surface area contributed by atoms with E-state index in [1.165, 1.54) is 0 Å². The molecule has 0 fully saturated rings. The van der Waals surface area contributed by atoms with Crippen LogP contribution in [0.5, 0.6) is 0 Å². The van der Waals surface area contributed by atoms with Crippen LogP contribution in [0.2, 0.25) is 0 Å². The molecule has 0 unspecified atom stereocenters. The first-order chi connectivity index (χ1) is 5.26. The molecule has 62 valence electrons. The molecule has 0 aliphatic rings. The normalized spacial score (nSPS) is 12.1. The Morgan fingerprint density at radius 1 is 1.64 bits per heavy atom. The number of hydrogen-bond donors (Lipinski definition) is 0. The molecule has 0 atom stereocenters. The first kappa shape index (κ1) is 9.88. The minimum absolute atomic E-state index is 0.861. The summed E-state index contributed by atoms with van der Waals surface area (Å²) >= 11 is 0. The quantitative estimate of drug-likeness (QED) is 0.345. The van der Waals surface area contributed by atoms with Crippen molar-refractivity contribution in [2.24, 2.45) is 10.1 Å². The van der Waals surface area contributed by atoms with E-state index in [9.17, 15) is 0 Å². The summed E-state index contributed by atoms with van der Waals surface area (Å²) in [4.78, 5) is 4.16. The van der Waals surface area contributed by atoms with Crippen molar-refractivity contribution >= 4 is 12.6 Å². The lowest BCUT2D eigenvalue weighted by atomic mass is 10.4. The first-order valence-electron chi connectivity index (χ1n) is 3.64. The lowest BCUT2D eigenvalue weighted by Gasteiger charge is -2.11. The van der Waals surface area contributed by atoms with Crippen molar-refractivity contribution in [3.8, 4) is 0 Å². The van der Waals surface area contributed by atoms with Crippen molar-refractivity contribution in [1.29, 1.82) is 0 Å². The number of hydrazone groups is 1. The highest BCUT2D eigenvalue weighted by Crippen LogP contribution is 1.93. The van der Waals surface area contributed by atoms with Crippen LogP contribution >= 0.6 is 0 Å². The summed E-state index contributed by atoms with van der Waals surface area (Å²) in [6.45, 7) is 7.37. The molecule has 0 saturated carbocycles. The average molecular weight is 153 g/mol. The van der Waals surface area contributed by atoms with Gasteiger partial charge in [0.2, 0.25) is 0 Å². The maximum atomic E-state index is 4.16. The van der Waals surface area contributed by atoms with E-state index in [-0.39, 0.29) is 0 Å². The molecule has 0 aromatic rings. The van der Waals surface area contributed by atoms with Crippen LogP contribution in [-0.4, -0.2) is 24.6 Å². The maximum Gasteiger partial charge on any atom is 0.124 e. The van der Waals surface area contributed by atoms with E-state index >= 15 is 0 Å². The van der Waals surface area contributed by atoms with Gasteiger partial charge >= 0.3 is 0 Å². The van der Waals surface area contributed by atoms with Gasteiger partial charge in [0, 0.05) is 26.4 Å². The van der Waals surface area contributed by atoms with Gasteiger partial charge in [-0.3, -0.25) is 5.01 Å². The number of allylic oxidation sites excluding steroid dienone is 1. The Bertz CT molecular complexity index is 170. The lowest BCUT2D eigenvalue weighted by Crippen LogP contribution is -2.19. The van der Waals surface area contributed by atoms with Crippen molar-refractivity contribution < 1.29 is 0 Å². The predicted octanol–water partition coefficient (Wildman–Crippen LogP) is 1.88. The van der Waals surface area contributed by atoms with E-state index in [1.807, 2.05) is 27.0 Å². The Balaban J connectivity index is 4.25. The predicted molar refractivity (Wildman–Crippen MR) is 49.9 cm³/mol. The molecule has 0 aromatic heterocycles. The molecule has 0 bridgehead atoms. The highest BCUT2D eigenvalue weighted by molar-refractivity contribution is 5.82. The molecule has 3 heteroatoms. The smallest absolute Gasteiger partial charge is 0.124 e. The third-order valence-electron chi connectivity index (χ3n) is 1.27. The van der Waals surface area contributed by atoms with E-state index in [1.54, 1.807) is 11.2 Å². The summed E-state index contributed by atoms with van der Waals surface area (Å²) in [5.74, 6) is 0.915. The minimum Gasteiger partial charge on any atom is -0.255 e. The van der Waals surface area contributed by atoms with Gasteiger partial charge in [-0.15, -0.1) is 0 Å². The molecule has 0 spiro atoms. The Morgan fingerprint density at radius 2 is 2.27 bits per heavy atom. The van der Waals surface area contributed by atoms with Crippen molar-refractivity contribution in [2.75, 3.05) is 7.05 Å². The Labute approximate surface area is 68.1 Å². The molecule has 0 aliphatic heterocycles. The van der Waals surface area contributed by atoms with E-state index in [4.69, 9.17) is 0 Å². The molecule has 0 radical (unpaired) electrons. The van der Waals surface area contributed by atoms with Crippen LogP contribution in [-0.2, 0) is 0 Å². The SMILES string of the molecule is C=NN(C)C(CC)=N/C=C\C. The van der Waals surface area contributed by atoms with Crippen LogP contribution in [0, 0.1) is 0 Å². The molecule has 3 nitrogen and oxygen atoms in total. The van der Waals surface area contributed by atoms with E-state index in [2.05, 4.69) is 16.8 Å². The standard InChI is InChI=1S/C8H15N3/c1-5-7-10-8(6-2)11(4)9-3/h5,7H,3,6H2,1-2,4H3/b7-5-,10-8?. The fourth-order valence-electron chi connectivity index (χ4n) is 0.646. The van der Waals surface area contributed by atoms with Crippen LogP contribution in [0.3, 0.4) is 0 Å². The van der Waals surface area contributed by atoms with Gasteiger partial charge in [0.1, 0.15) is 5.84 Å². The number of aliphatic imine (C=N–C) groups is 1. The molecular formula is C8H15N3. The second-order valence-corrected chi connectivity index (χ2v) is 2.05. The summed E-state index contributed by atoms with van der Waals surface area (Å²) in [6.07, 6.45) is 4.49. The Kier molecular flexibility index (Phi) is 5.07. The largest absolute Gasteiger partial charge is 0.255 e. The monoisotopic (exact) mass is 153 g/mol. The van der Waals surface area contributed by atoms with Crippen LogP contribution in [0.4, 0.5) is 0 Å². The van der Waals surface area contributed by atoms with Crippen LogP contribution in [0.15, 0.2) is 22.4 Å². The van der Waals surface area contributed by atoms with E-state index < -0.39 is 0 Å². The number of nitrogens with zero attached hydrogens (tertiary/aromatic N) is 3. The molecule has 0 rings (SSSR count). The lowest BCUT2D eigenvalue weighted by molar-refractivity contribution is 0.537. The van der Waals surface area contributed by atoms with Gasteiger partial charge in [-0.05, 0) is 6.92 Å². The van der Waals surface area contributed by atoms with Crippen molar-refractivity contribution in [3.05, 3.63) is 12.3 Å². The molecule has 0 aromatic carbocycles. The fraction of sp³-hybridized carbons (Fsp3) is 0.500. The molecule has 0 aliphatic carbocycles. The highest BCUT2D eigenvalue weighted by Gasteiger charge is 1.97. The van der Waals surface area contributed by atoms with Crippen molar-refractivity contribution in [2.45, 2.75) is 20.3 Å². The number of amidine groups is 1. The number of hydrogen-bond acceptors (Lipinski definition) is 2. The summed E-state index contributed by atoms with van der Waals surface area (Å²) in [7, 11) is 1.83. The van der Waals surface area contributed by atoms with Crippen LogP contribution in [0.1, 0.15) is 20.3 Å². The zero-order valence-electron chi connectivity index (χ0n) is 7.41. The topological polar surface area (TPSA) is 28.0 Å². The third kappa shape index (κ3) is 3.55. The second kappa shape index (κ2) is 5.65. The average Bonchev–Trinajstić information content (AvgIpc) is 2.05. The van der Waals surface area contributed by atoms with Gasteiger partial charge in [-0.25, -0.2) is 4.99 Å². The zero-order valence-corrected chi connectivity index (χ0v) is 7.41. The third-order valence-corrected chi connectivity index (χ3v) is 1.27.